The molecule has 0 aliphatic carbocycles. The summed E-state index contributed by atoms with van der Waals surface area (Å²) in [6.45, 7) is 19.0. The van der Waals surface area contributed by atoms with Gasteiger partial charge >= 0.3 is 113 Å². The number of rotatable bonds is 0. The van der Waals surface area contributed by atoms with E-state index >= 15 is 0 Å². The zero-order valence-electron chi connectivity index (χ0n) is 8.86. The maximum absolute atomic E-state index is 7.68. The van der Waals surface area contributed by atoms with Crippen molar-refractivity contribution >= 4 is 24.2 Å². The maximum atomic E-state index is 7.68. The van der Waals surface area contributed by atoms with E-state index in [4.69, 9.17) is 63.1 Å². The van der Waals surface area contributed by atoms with Crippen molar-refractivity contribution in [2.24, 2.45) is 0 Å². The standard InChI is InChI=1S/7CN.Hg.Ni.Pb.Zn/c7*1-2;;;;/q;;;4*-1;;+2;;+2. The van der Waals surface area contributed by atoms with Crippen molar-refractivity contribution in [1.82, 2.24) is 0 Å². The molecular formula is C7HgN7NiPbZn. The second-order valence-corrected chi connectivity index (χ2v) is 4.45. The molecule has 81 valence electrons. The van der Waals surface area contributed by atoms with Gasteiger partial charge in [-0.2, -0.15) is 0 Å². The summed E-state index contributed by atoms with van der Waals surface area (Å²) in [5.41, 5.74) is 0. The Hall–Kier alpha value is -0.596. The topological polar surface area (TPSA) is 167 Å². The Morgan fingerprint density at radius 1 is 0.722 bits per heavy atom. The summed E-state index contributed by atoms with van der Waals surface area (Å²) in [5.74, 6) is 0. The Bertz CT molecular complexity index is 259. The van der Waals surface area contributed by atoms with Crippen molar-refractivity contribution in [1.29, 1.82) is 36.8 Å². The van der Waals surface area contributed by atoms with E-state index in [-0.39, 0.29) is 36.0 Å². The van der Waals surface area contributed by atoms with E-state index in [9.17, 15) is 0 Å². The first kappa shape index (κ1) is 53.0. The smallest absolute Gasteiger partial charge is 0.512 e. The summed E-state index contributed by atoms with van der Waals surface area (Å²) in [6, 6.07) is 0. The fourth-order valence-electron chi connectivity index (χ4n) is 0.0250. The summed E-state index contributed by atoms with van der Waals surface area (Å²) < 4.78 is 5.65. The van der Waals surface area contributed by atoms with Crippen molar-refractivity contribution in [3.63, 3.8) is 0 Å². The molecule has 11 heteroatoms. The molecule has 0 unspecified atom stereocenters. The monoisotopic (exact) mass is 714 g/mol. The van der Waals surface area contributed by atoms with Crippen LogP contribution in [-0.4, -0.2) is 24.2 Å². The van der Waals surface area contributed by atoms with Gasteiger partial charge in [0.05, 0.1) is 0 Å². The SMILES string of the molecule is N#[C][Hg].N#[C][Pb][C]#N.[C-]#N.[C-]#N.[C-]#N.[C-]#N.[Ni+2].[Zn+2]. The predicted molar refractivity (Wildman–Crippen MR) is 42.5 cm³/mol. The fraction of sp³-hybridized carbons (Fsp3) is 0. The Morgan fingerprint density at radius 3 is 0.833 bits per heavy atom. The van der Waals surface area contributed by atoms with E-state index in [2.05, 4.69) is 0 Å². The van der Waals surface area contributed by atoms with Gasteiger partial charge in [-0.1, -0.05) is 0 Å². The van der Waals surface area contributed by atoms with Gasteiger partial charge in [0.2, 0.25) is 0 Å². The number of hydrogen-bond donors (Lipinski definition) is 0. The van der Waals surface area contributed by atoms with Crippen LogP contribution in [-0.2, 0) is 62.1 Å². The second kappa shape index (κ2) is 336. The zero-order valence-corrected chi connectivity index (χ0v) is 22.2. The first-order chi connectivity index (χ1) is 7.83. The largest absolute Gasteiger partial charge is 2.00 e. The molecule has 18 heavy (non-hydrogen) atoms. The van der Waals surface area contributed by atoms with Gasteiger partial charge in [-0.15, -0.1) is 0 Å². The molecule has 7 nitrogen and oxygen atoms in total. The number of hydrogen-bond acceptors (Lipinski definition) is 7. The second-order valence-electron chi connectivity index (χ2n) is 0.507. The van der Waals surface area contributed by atoms with Crippen molar-refractivity contribution < 1.29 is 62.1 Å². The molecule has 0 atom stereocenters. The van der Waals surface area contributed by atoms with Crippen molar-refractivity contribution in [3.8, 4) is 10.8 Å². The summed E-state index contributed by atoms with van der Waals surface area (Å²) in [5, 5.41) is 47.8. The Morgan fingerprint density at radius 2 is 0.833 bits per heavy atom. The predicted octanol–water partition coefficient (Wildman–Crippen LogP) is 0.0475. The van der Waals surface area contributed by atoms with Crippen LogP contribution in [0.3, 0.4) is 0 Å². The molecule has 0 heterocycles. The molecule has 2 radical (unpaired) electrons. The Kier molecular flexibility index (Phi) is 988. The molecule has 0 fully saturated rings. The molecule has 0 aliphatic rings. The minimum absolute atomic E-state index is 0. The Balaban J connectivity index is -0.0000000115. The molecule has 0 rings (SSSR count). The molecular weight excluding hydrogens is 714 g/mol. The van der Waals surface area contributed by atoms with E-state index in [1.807, 2.05) is 10.8 Å². The van der Waals surface area contributed by atoms with Gasteiger partial charge < -0.3 is 47.3 Å². The molecule has 0 saturated heterocycles. The fourth-order valence-corrected chi connectivity index (χ4v) is 0.219. The van der Waals surface area contributed by atoms with Crippen molar-refractivity contribution in [3.05, 3.63) is 26.3 Å². The van der Waals surface area contributed by atoms with Crippen LogP contribution < -0.4 is 0 Å². The summed E-state index contributed by atoms with van der Waals surface area (Å²) in [4.78, 5) is 0. The quantitative estimate of drug-likeness (QED) is 0.253. The molecule has 0 bridgehead atoms. The van der Waals surface area contributed by atoms with Crippen LogP contribution in [0.2, 0.25) is 0 Å². The van der Waals surface area contributed by atoms with Gasteiger partial charge in [-0.3, -0.25) is 0 Å². The zero-order chi connectivity index (χ0) is 14.8. The van der Waals surface area contributed by atoms with Gasteiger partial charge in [-0.25, -0.2) is 0 Å². The van der Waals surface area contributed by atoms with Crippen LogP contribution in [0, 0.1) is 74.0 Å². The number of nitriles is 3. The van der Waals surface area contributed by atoms with E-state index in [0.717, 1.165) is 0 Å². The molecule has 0 saturated carbocycles. The van der Waals surface area contributed by atoms with Crippen molar-refractivity contribution in [2.45, 2.75) is 0 Å². The first-order valence-electron chi connectivity index (χ1n) is 2.42. The molecule has 0 aromatic carbocycles. The molecule has 0 amide bonds. The molecule has 0 aromatic rings. The summed E-state index contributed by atoms with van der Waals surface area (Å²) >= 11 is -0.968. The van der Waals surface area contributed by atoms with E-state index < -0.39 is 24.2 Å². The first-order valence-corrected chi connectivity index (χ1v) is 9.06. The van der Waals surface area contributed by atoms with Crippen LogP contribution in [0.4, 0.5) is 0 Å². The molecule has 0 aromatic heterocycles. The third kappa shape index (κ3) is 1620. The minimum atomic E-state index is -1.34. The van der Waals surface area contributed by atoms with Gasteiger partial charge in [0.15, 0.2) is 0 Å². The van der Waals surface area contributed by atoms with Crippen LogP contribution in [0.25, 0.3) is 0 Å². The van der Waals surface area contributed by atoms with Crippen LogP contribution in [0.5, 0.6) is 0 Å². The van der Waals surface area contributed by atoms with Gasteiger partial charge in [0, 0.05) is 0 Å². The molecule has 0 spiro atoms. The average molecular weight is 714 g/mol. The van der Waals surface area contributed by atoms with Crippen LogP contribution in [0.1, 0.15) is 0 Å². The Labute approximate surface area is 158 Å². The van der Waals surface area contributed by atoms with E-state index in [1.54, 1.807) is 0 Å². The number of nitrogens with zero attached hydrogens (tertiary/aromatic N) is 7. The average Bonchev–Trinajstić information content (AvgIpc) is 2.41. The minimum Gasteiger partial charge on any atom is -0.512 e. The van der Waals surface area contributed by atoms with Crippen LogP contribution >= 0.6 is 0 Å². The summed E-state index contributed by atoms with van der Waals surface area (Å²) in [6.07, 6.45) is 0. The normalized spacial score (nSPS) is 2.17. The maximum Gasteiger partial charge on any atom is 2.00 e. The van der Waals surface area contributed by atoms with E-state index in [1.165, 1.54) is 0 Å². The molecule has 0 aliphatic heterocycles. The van der Waals surface area contributed by atoms with Crippen molar-refractivity contribution in [2.75, 3.05) is 0 Å². The van der Waals surface area contributed by atoms with Gasteiger partial charge in [-0.05, 0) is 0 Å². The van der Waals surface area contributed by atoms with Crippen LogP contribution in [0.15, 0.2) is 0 Å². The van der Waals surface area contributed by atoms with E-state index in [0.29, 0.717) is 26.1 Å². The molecule has 0 N–H and O–H groups in total. The summed E-state index contributed by atoms with van der Waals surface area (Å²) in [7, 11) is 0. The third-order valence-electron chi connectivity index (χ3n) is 0.112. The van der Waals surface area contributed by atoms with Gasteiger partial charge in [0.1, 0.15) is 0 Å². The third-order valence-corrected chi connectivity index (χ3v) is 0.981. The van der Waals surface area contributed by atoms with Gasteiger partial charge in [0.25, 0.3) is 0 Å².